The smallest absolute Gasteiger partial charge is 0.335 e. The van der Waals surface area contributed by atoms with Crippen LogP contribution >= 0.6 is 0 Å². The van der Waals surface area contributed by atoms with Crippen LogP contribution in [0.1, 0.15) is 63.8 Å². The van der Waals surface area contributed by atoms with Crippen molar-refractivity contribution in [2.24, 2.45) is 11.3 Å². The second kappa shape index (κ2) is 9.38. The molecule has 1 saturated heterocycles. The Hall–Kier alpha value is -3.30. The third kappa shape index (κ3) is 3.62. The van der Waals surface area contributed by atoms with Crippen LogP contribution in [-0.4, -0.2) is 64.3 Å². The van der Waals surface area contributed by atoms with Crippen molar-refractivity contribution in [2.45, 2.75) is 101 Å². The Kier molecular flexibility index (Phi) is 6.07. The quantitative estimate of drug-likeness (QED) is 0.387. The van der Waals surface area contributed by atoms with E-state index >= 15 is 0 Å². The molecule has 8 rings (SSSR count). The van der Waals surface area contributed by atoms with Crippen molar-refractivity contribution in [1.82, 2.24) is 4.98 Å². The number of aromatic amines is 1. The van der Waals surface area contributed by atoms with Gasteiger partial charge in [0.2, 0.25) is 0 Å². The van der Waals surface area contributed by atoms with Crippen molar-refractivity contribution in [3.8, 4) is 0 Å². The first-order valence-electron chi connectivity index (χ1n) is 16.1. The van der Waals surface area contributed by atoms with E-state index in [1.807, 2.05) is 50.2 Å². The SMILES string of the molecule is CO[C@H](Cc1ccccc1)C(=O)O[C@H]1C[C@H]2Cc3c([nH]c4ccccc34)[C@]2(C)C2(C)CC[C@@]34O[C@@H](C(=O)C=C3[C@]12O)C(C)(C)O4. The highest BCUT2D eigenvalue weighted by Crippen LogP contribution is 2.72. The largest absolute Gasteiger partial charge is 0.457 e. The molecule has 3 aromatic rings. The fourth-order valence-corrected chi connectivity index (χ4v) is 9.84. The van der Waals surface area contributed by atoms with E-state index in [1.165, 1.54) is 18.1 Å². The lowest BCUT2D eigenvalue weighted by atomic mass is 9.41. The number of aromatic nitrogens is 1. The Balaban J connectivity index is 1.26. The molecule has 8 heteroatoms. The number of esters is 1. The lowest BCUT2D eigenvalue weighted by Gasteiger charge is -2.67. The summed E-state index contributed by atoms with van der Waals surface area (Å²) in [7, 11) is 1.50. The first-order chi connectivity index (χ1) is 21.4. The van der Waals surface area contributed by atoms with Crippen LogP contribution in [0.25, 0.3) is 10.9 Å². The topological polar surface area (TPSA) is 107 Å². The molecule has 8 atom stereocenters. The Morgan fingerprint density at radius 2 is 1.80 bits per heavy atom. The van der Waals surface area contributed by atoms with Gasteiger partial charge in [0.25, 0.3) is 0 Å². The minimum Gasteiger partial charge on any atom is -0.457 e. The van der Waals surface area contributed by atoms with Crippen LogP contribution < -0.4 is 0 Å². The van der Waals surface area contributed by atoms with Gasteiger partial charge >= 0.3 is 5.97 Å². The molecule has 3 heterocycles. The van der Waals surface area contributed by atoms with Gasteiger partial charge in [-0.3, -0.25) is 4.79 Å². The van der Waals surface area contributed by atoms with Gasteiger partial charge in [0.1, 0.15) is 17.3 Å². The molecule has 236 valence electrons. The Morgan fingerprint density at radius 1 is 1.07 bits per heavy atom. The van der Waals surface area contributed by atoms with E-state index in [4.69, 9.17) is 18.9 Å². The van der Waals surface area contributed by atoms with E-state index in [0.717, 1.165) is 23.2 Å². The fraction of sp³-hybridized carbons (Fsp3) is 0.514. The molecule has 3 fully saturated rings. The minimum absolute atomic E-state index is 0.0742. The number of rotatable bonds is 5. The summed E-state index contributed by atoms with van der Waals surface area (Å²) in [6.07, 6.45) is 1.49. The van der Waals surface area contributed by atoms with E-state index in [1.54, 1.807) is 6.08 Å². The molecular weight excluding hydrogens is 570 g/mol. The molecule has 0 amide bonds. The zero-order valence-electron chi connectivity index (χ0n) is 26.5. The number of carbonyl (C=O) groups excluding carboxylic acids is 2. The summed E-state index contributed by atoms with van der Waals surface area (Å²) in [5.41, 5.74) is 0.720. The number of aliphatic hydroxyl groups is 1. The first kappa shape index (κ1) is 29.1. The van der Waals surface area contributed by atoms with Crippen LogP contribution in [-0.2, 0) is 46.8 Å². The number of para-hydroxylation sites is 1. The lowest BCUT2D eigenvalue weighted by molar-refractivity contribution is -0.278. The molecule has 2 aliphatic heterocycles. The van der Waals surface area contributed by atoms with Gasteiger partial charge in [-0.15, -0.1) is 0 Å². The molecule has 8 nitrogen and oxygen atoms in total. The molecule has 45 heavy (non-hydrogen) atoms. The monoisotopic (exact) mass is 611 g/mol. The number of nitrogens with one attached hydrogen (secondary N) is 1. The predicted octanol–water partition coefficient (Wildman–Crippen LogP) is 5.10. The molecule has 1 aromatic heterocycles. The second-order valence-corrected chi connectivity index (χ2v) is 14.7. The zero-order chi connectivity index (χ0) is 31.6. The highest BCUT2D eigenvalue weighted by atomic mass is 16.8. The normalized spacial score (nSPS) is 38.1. The van der Waals surface area contributed by atoms with Crippen molar-refractivity contribution in [2.75, 3.05) is 7.11 Å². The maximum atomic E-state index is 14.0. The molecular formula is C37H41NO7. The van der Waals surface area contributed by atoms with Crippen molar-refractivity contribution >= 4 is 22.7 Å². The number of hydrogen-bond donors (Lipinski definition) is 2. The van der Waals surface area contributed by atoms with Gasteiger partial charge in [0.05, 0.1) is 0 Å². The van der Waals surface area contributed by atoms with Crippen molar-refractivity contribution < 1.29 is 33.6 Å². The summed E-state index contributed by atoms with van der Waals surface area (Å²) in [5.74, 6) is -1.99. The van der Waals surface area contributed by atoms with Gasteiger partial charge in [-0.25, -0.2) is 4.79 Å². The number of ketones is 1. The molecule has 5 aliphatic rings. The summed E-state index contributed by atoms with van der Waals surface area (Å²) in [6.45, 7) is 8.05. The summed E-state index contributed by atoms with van der Waals surface area (Å²) in [5, 5.41) is 14.7. The number of carbonyl (C=O) groups is 2. The van der Waals surface area contributed by atoms with E-state index < -0.39 is 52.1 Å². The maximum Gasteiger partial charge on any atom is 0.335 e. The van der Waals surface area contributed by atoms with Crippen molar-refractivity contribution in [3.05, 3.63) is 83.1 Å². The van der Waals surface area contributed by atoms with Crippen molar-refractivity contribution in [1.29, 1.82) is 0 Å². The molecule has 2 saturated carbocycles. The molecule has 2 bridgehead atoms. The maximum absolute atomic E-state index is 14.0. The average molecular weight is 612 g/mol. The van der Waals surface area contributed by atoms with E-state index in [0.29, 0.717) is 31.3 Å². The standard InChI is InChI=1S/C37H41NO7/c1-33(2)31-26(39)20-28-36(44-31,45-33)16-15-34(3)35(4)22(18-24-23-13-9-10-14-25(23)38-30(24)35)19-29(37(28,34)41)43-32(40)27(42-5)17-21-11-7-6-8-12-21/h6-14,20,22,27,29,31,38,41H,15-19H2,1-5H3/t22-,27-,29+,31+,34?,35-,36+,37+/m1/s1. The zero-order valence-corrected chi connectivity index (χ0v) is 26.5. The highest BCUT2D eigenvalue weighted by Gasteiger charge is 2.78. The third-order valence-corrected chi connectivity index (χ3v) is 12.3. The van der Waals surface area contributed by atoms with Gasteiger partial charge in [-0.05, 0) is 62.3 Å². The highest BCUT2D eigenvalue weighted by molar-refractivity contribution is 5.97. The predicted molar refractivity (Wildman–Crippen MR) is 166 cm³/mol. The van der Waals surface area contributed by atoms with Crippen LogP contribution in [0.3, 0.4) is 0 Å². The Labute approximate surface area is 263 Å². The number of ether oxygens (including phenoxy) is 4. The molecule has 0 radical (unpaired) electrons. The van der Waals surface area contributed by atoms with Crippen molar-refractivity contribution in [3.63, 3.8) is 0 Å². The van der Waals surface area contributed by atoms with Gasteiger partial charge in [-0.1, -0.05) is 62.4 Å². The van der Waals surface area contributed by atoms with E-state index in [9.17, 15) is 14.7 Å². The average Bonchev–Trinajstić information content (AvgIpc) is 3.61. The third-order valence-electron chi connectivity index (χ3n) is 12.3. The van der Waals surface area contributed by atoms with Crippen LogP contribution in [0.15, 0.2) is 66.2 Å². The molecule has 2 aromatic carbocycles. The number of benzene rings is 2. The van der Waals surface area contributed by atoms with E-state index in [-0.39, 0.29) is 11.7 Å². The first-order valence-corrected chi connectivity index (χ1v) is 16.1. The molecule has 1 unspecified atom stereocenters. The molecule has 1 spiro atoms. The summed E-state index contributed by atoms with van der Waals surface area (Å²) in [4.78, 5) is 31.3. The van der Waals surface area contributed by atoms with Gasteiger partial charge in [-0.2, -0.15) is 0 Å². The minimum atomic E-state index is -1.77. The van der Waals surface area contributed by atoms with Crippen LogP contribution in [0.2, 0.25) is 0 Å². The van der Waals surface area contributed by atoms with Crippen LogP contribution in [0.4, 0.5) is 0 Å². The number of fused-ring (bicyclic) bond motifs is 9. The molecule has 3 aliphatic carbocycles. The molecule has 2 N–H and O–H groups in total. The van der Waals surface area contributed by atoms with Gasteiger partial charge in [0.15, 0.2) is 23.8 Å². The van der Waals surface area contributed by atoms with Gasteiger partial charge in [0, 0.05) is 53.0 Å². The second-order valence-electron chi connectivity index (χ2n) is 14.7. The van der Waals surface area contributed by atoms with Crippen LogP contribution in [0.5, 0.6) is 0 Å². The number of H-pyrrole nitrogens is 1. The summed E-state index contributed by atoms with van der Waals surface area (Å²) >= 11 is 0. The number of hydrogen-bond acceptors (Lipinski definition) is 7. The Morgan fingerprint density at radius 3 is 2.56 bits per heavy atom. The fourth-order valence-electron chi connectivity index (χ4n) is 9.84. The number of methoxy groups -OCH3 is 1. The van der Waals surface area contributed by atoms with Gasteiger partial charge < -0.3 is 29.0 Å². The lowest BCUT2D eigenvalue weighted by Crippen LogP contribution is -2.75. The summed E-state index contributed by atoms with van der Waals surface area (Å²) in [6, 6.07) is 18.0. The van der Waals surface area contributed by atoms with Crippen LogP contribution in [0, 0.1) is 11.3 Å². The van der Waals surface area contributed by atoms with E-state index in [2.05, 4.69) is 37.0 Å². The summed E-state index contributed by atoms with van der Waals surface area (Å²) < 4.78 is 25.2. The Bertz CT molecular complexity index is 1760.